The van der Waals surface area contributed by atoms with Crippen molar-refractivity contribution >= 4 is 40.2 Å². The topological polar surface area (TPSA) is 103 Å². The molecule has 2 heterocycles. The number of hydrogen-bond acceptors (Lipinski definition) is 5. The highest BCUT2D eigenvalue weighted by atomic mass is 35.5. The molecule has 2 atom stereocenters. The molecule has 3 rings (SSSR count). The lowest BCUT2D eigenvalue weighted by Crippen LogP contribution is -2.54. The number of hydrogen-bond donors (Lipinski definition) is 3. The van der Waals surface area contributed by atoms with E-state index in [0.717, 1.165) is 18.8 Å². The number of nitrogens with one attached hydrogen (secondary N) is 1. The molecule has 0 unspecified atom stereocenters. The Morgan fingerprint density at radius 1 is 1.33 bits per heavy atom. The van der Waals surface area contributed by atoms with Gasteiger partial charge in [-0.05, 0) is 26.0 Å². The van der Waals surface area contributed by atoms with E-state index in [9.17, 15) is 14.0 Å². The van der Waals surface area contributed by atoms with Gasteiger partial charge in [-0.2, -0.15) is 0 Å². The molecule has 0 bridgehead atoms. The fourth-order valence-corrected chi connectivity index (χ4v) is 2.98. The number of furan rings is 1. The monoisotopic (exact) mass is 398 g/mol. The highest BCUT2D eigenvalue weighted by molar-refractivity contribution is 6.32. The molecule has 1 aliphatic rings. The van der Waals surface area contributed by atoms with Crippen molar-refractivity contribution in [3.63, 3.8) is 0 Å². The molecule has 0 amide bonds. The van der Waals surface area contributed by atoms with Crippen molar-refractivity contribution in [2.45, 2.75) is 25.9 Å². The van der Waals surface area contributed by atoms with E-state index in [1.807, 2.05) is 0 Å². The second kappa shape index (κ2) is 8.88. The number of benzene rings is 1. The van der Waals surface area contributed by atoms with E-state index >= 15 is 0 Å². The predicted molar refractivity (Wildman–Crippen MR) is 99.9 cm³/mol. The Morgan fingerprint density at radius 3 is 2.56 bits per heavy atom. The van der Waals surface area contributed by atoms with Crippen LogP contribution in [-0.4, -0.2) is 47.3 Å². The summed E-state index contributed by atoms with van der Waals surface area (Å²) in [6.07, 6.45) is 2.62. The van der Waals surface area contributed by atoms with Crippen LogP contribution in [0.1, 0.15) is 13.8 Å². The molecule has 1 aliphatic heterocycles. The highest BCUT2D eigenvalue weighted by Gasteiger charge is 2.26. The van der Waals surface area contributed by atoms with Gasteiger partial charge in [0, 0.05) is 37.3 Å². The zero-order valence-corrected chi connectivity index (χ0v) is 15.5. The van der Waals surface area contributed by atoms with Crippen LogP contribution in [-0.2, 0) is 9.59 Å². The molecule has 1 saturated heterocycles. The average Bonchev–Trinajstić information content (AvgIpc) is 3.09. The Balaban J connectivity index is 0.000000279. The number of anilines is 1. The van der Waals surface area contributed by atoms with Crippen LogP contribution < -0.4 is 10.2 Å². The lowest BCUT2D eigenvalue weighted by Gasteiger charge is -2.39. The SMILES string of the molecule is C[C@H]1CN(c2cc(Cl)c(F)c3ccoc23)[C@@H](C)CN1.O=C(O)/C=C/C(=O)O. The van der Waals surface area contributed by atoms with Crippen LogP contribution in [0.25, 0.3) is 11.0 Å². The summed E-state index contributed by atoms with van der Waals surface area (Å²) in [5, 5.41) is 19.6. The van der Waals surface area contributed by atoms with Crippen molar-refractivity contribution in [1.29, 1.82) is 0 Å². The molecule has 0 radical (unpaired) electrons. The van der Waals surface area contributed by atoms with Gasteiger partial charge in [0.15, 0.2) is 11.4 Å². The minimum absolute atomic E-state index is 0.141. The number of fused-ring (bicyclic) bond motifs is 1. The fraction of sp³-hybridized carbons (Fsp3) is 0.333. The maximum Gasteiger partial charge on any atom is 0.328 e. The van der Waals surface area contributed by atoms with Gasteiger partial charge in [0.1, 0.15) is 0 Å². The van der Waals surface area contributed by atoms with Crippen molar-refractivity contribution in [3.05, 3.63) is 41.4 Å². The number of halogens is 2. The molecule has 1 fully saturated rings. The van der Waals surface area contributed by atoms with Gasteiger partial charge in [-0.1, -0.05) is 11.6 Å². The van der Waals surface area contributed by atoms with Gasteiger partial charge in [-0.15, -0.1) is 0 Å². The van der Waals surface area contributed by atoms with Crippen LogP contribution in [0.5, 0.6) is 0 Å². The highest BCUT2D eigenvalue weighted by Crippen LogP contribution is 2.35. The third kappa shape index (κ3) is 5.21. The first-order chi connectivity index (χ1) is 12.7. The number of carboxylic acids is 2. The zero-order valence-electron chi connectivity index (χ0n) is 14.8. The van der Waals surface area contributed by atoms with Crippen molar-refractivity contribution in [2.24, 2.45) is 0 Å². The first-order valence-electron chi connectivity index (χ1n) is 8.19. The quantitative estimate of drug-likeness (QED) is 0.682. The van der Waals surface area contributed by atoms with Gasteiger partial charge in [0.2, 0.25) is 0 Å². The number of carbonyl (C=O) groups is 2. The molecule has 0 aliphatic carbocycles. The van der Waals surface area contributed by atoms with Crippen LogP contribution >= 0.6 is 11.6 Å². The van der Waals surface area contributed by atoms with Gasteiger partial charge >= 0.3 is 11.9 Å². The van der Waals surface area contributed by atoms with Crippen LogP contribution in [0.3, 0.4) is 0 Å². The summed E-state index contributed by atoms with van der Waals surface area (Å²) in [5.41, 5.74) is 1.44. The second-order valence-electron chi connectivity index (χ2n) is 6.18. The van der Waals surface area contributed by atoms with Crippen LogP contribution in [0, 0.1) is 5.82 Å². The number of carboxylic acid groups (broad SMARTS) is 2. The Labute approximate surface area is 160 Å². The molecule has 2 aromatic rings. The van der Waals surface area contributed by atoms with E-state index in [2.05, 4.69) is 24.1 Å². The second-order valence-corrected chi connectivity index (χ2v) is 6.58. The summed E-state index contributed by atoms with van der Waals surface area (Å²) in [5.74, 6) is -2.93. The molecule has 9 heteroatoms. The average molecular weight is 399 g/mol. The van der Waals surface area contributed by atoms with E-state index in [0.29, 0.717) is 35.2 Å². The van der Waals surface area contributed by atoms with Crippen molar-refractivity contribution < 1.29 is 28.6 Å². The largest absolute Gasteiger partial charge is 0.478 e. The molecule has 3 N–H and O–H groups in total. The Hall–Kier alpha value is -2.58. The summed E-state index contributed by atoms with van der Waals surface area (Å²) in [4.78, 5) is 21.3. The molecule has 7 nitrogen and oxygen atoms in total. The summed E-state index contributed by atoms with van der Waals surface area (Å²) in [7, 11) is 0. The van der Waals surface area contributed by atoms with Crippen molar-refractivity contribution in [1.82, 2.24) is 5.32 Å². The Kier molecular flexibility index (Phi) is 6.81. The summed E-state index contributed by atoms with van der Waals surface area (Å²) < 4.78 is 19.4. The molecule has 1 aromatic heterocycles. The first-order valence-corrected chi connectivity index (χ1v) is 8.57. The molecular formula is C18H20ClFN2O5. The standard InChI is InChI=1S/C14H16ClFN2O.C4H4O4/c1-8-7-18(9(2)6-17-8)12-5-11(15)13(16)10-3-4-19-14(10)12;5-3(6)1-2-4(7)8/h3-5,8-9,17H,6-7H2,1-2H3;1-2H,(H,5,6)(H,7,8)/b;2-1+/t8-,9-;/m0./s1. The third-order valence-corrected chi connectivity index (χ3v) is 4.32. The van der Waals surface area contributed by atoms with Crippen molar-refractivity contribution in [2.75, 3.05) is 18.0 Å². The number of nitrogens with zero attached hydrogens (tertiary/aromatic N) is 1. The lowest BCUT2D eigenvalue weighted by atomic mass is 10.1. The molecule has 27 heavy (non-hydrogen) atoms. The lowest BCUT2D eigenvalue weighted by molar-refractivity contribution is -0.134. The maximum atomic E-state index is 13.9. The van der Waals surface area contributed by atoms with Gasteiger partial charge < -0.3 is 24.8 Å². The number of aliphatic carboxylic acids is 2. The fourth-order valence-electron chi connectivity index (χ4n) is 2.77. The van der Waals surface area contributed by atoms with E-state index < -0.39 is 17.8 Å². The Bertz CT molecular complexity index is 851. The zero-order chi connectivity index (χ0) is 20.1. The minimum atomic E-state index is -1.26. The Morgan fingerprint density at radius 2 is 1.96 bits per heavy atom. The van der Waals surface area contributed by atoms with Gasteiger partial charge in [0.05, 0.1) is 22.4 Å². The molecule has 1 aromatic carbocycles. The normalized spacial score (nSPS) is 19.8. The summed E-state index contributed by atoms with van der Waals surface area (Å²) in [6.45, 7) is 5.99. The first kappa shape index (κ1) is 20.7. The molecular weight excluding hydrogens is 379 g/mol. The molecule has 0 spiro atoms. The van der Waals surface area contributed by atoms with E-state index in [-0.39, 0.29) is 5.02 Å². The predicted octanol–water partition coefficient (Wildman–Crippen LogP) is 3.12. The smallest absolute Gasteiger partial charge is 0.328 e. The number of piperazine rings is 1. The van der Waals surface area contributed by atoms with E-state index in [1.165, 1.54) is 6.26 Å². The van der Waals surface area contributed by atoms with Crippen LogP contribution in [0.4, 0.5) is 10.1 Å². The minimum Gasteiger partial charge on any atom is -0.478 e. The maximum absolute atomic E-state index is 13.9. The molecule has 146 valence electrons. The van der Waals surface area contributed by atoms with Crippen LogP contribution in [0.2, 0.25) is 5.02 Å². The van der Waals surface area contributed by atoms with Crippen LogP contribution in [0.15, 0.2) is 35.0 Å². The summed E-state index contributed by atoms with van der Waals surface area (Å²) in [6, 6.07) is 3.98. The van der Waals surface area contributed by atoms with Gasteiger partial charge in [-0.3, -0.25) is 0 Å². The number of rotatable bonds is 3. The van der Waals surface area contributed by atoms with E-state index in [4.69, 9.17) is 26.2 Å². The van der Waals surface area contributed by atoms with E-state index in [1.54, 1.807) is 12.1 Å². The summed E-state index contributed by atoms with van der Waals surface area (Å²) >= 11 is 5.99. The third-order valence-electron chi connectivity index (χ3n) is 4.05. The van der Waals surface area contributed by atoms with Gasteiger partial charge in [-0.25, -0.2) is 14.0 Å². The molecule has 0 saturated carbocycles. The van der Waals surface area contributed by atoms with Gasteiger partial charge in [0.25, 0.3) is 0 Å². The van der Waals surface area contributed by atoms with Crippen molar-refractivity contribution in [3.8, 4) is 0 Å².